The van der Waals surface area contributed by atoms with Crippen molar-refractivity contribution in [3.8, 4) is 0 Å². The molecule has 112 valence electrons. The molecule has 1 N–H and O–H groups in total. The fourth-order valence-corrected chi connectivity index (χ4v) is 2.90. The third kappa shape index (κ3) is 4.53. The van der Waals surface area contributed by atoms with E-state index in [1.807, 2.05) is 6.92 Å². The molecule has 20 heavy (non-hydrogen) atoms. The lowest BCUT2D eigenvalue weighted by molar-refractivity contribution is 0.209. The van der Waals surface area contributed by atoms with Gasteiger partial charge in [0.2, 0.25) is 0 Å². The Morgan fingerprint density at radius 2 is 2.00 bits per heavy atom. The molecule has 1 unspecified atom stereocenters. The smallest absolute Gasteiger partial charge is 0.0673 e. The molecular formula is C16H28N4. The van der Waals surface area contributed by atoms with E-state index in [9.17, 15) is 0 Å². The normalized spacial score (nSPS) is 18.1. The SMILES string of the molecule is CCc1nnc(C)cc1CNC(C)CN1CCCCC1. The van der Waals surface area contributed by atoms with Crippen LogP contribution < -0.4 is 5.32 Å². The number of hydrogen-bond acceptors (Lipinski definition) is 4. The summed E-state index contributed by atoms with van der Waals surface area (Å²) in [5.41, 5.74) is 3.42. The molecule has 4 heteroatoms. The van der Waals surface area contributed by atoms with E-state index >= 15 is 0 Å². The molecule has 0 radical (unpaired) electrons. The lowest BCUT2D eigenvalue weighted by Gasteiger charge is -2.29. The summed E-state index contributed by atoms with van der Waals surface area (Å²) >= 11 is 0. The van der Waals surface area contributed by atoms with Crippen LogP contribution in [0.2, 0.25) is 0 Å². The summed E-state index contributed by atoms with van der Waals surface area (Å²) in [4.78, 5) is 2.58. The summed E-state index contributed by atoms with van der Waals surface area (Å²) in [5.74, 6) is 0. The molecule has 0 aliphatic carbocycles. The third-order valence-electron chi connectivity index (χ3n) is 4.04. The van der Waals surface area contributed by atoms with E-state index in [0.717, 1.165) is 30.9 Å². The van der Waals surface area contributed by atoms with Crippen molar-refractivity contribution >= 4 is 0 Å². The third-order valence-corrected chi connectivity index (χ3v) is 4.04. The van der Waals surface area contributed by atoms with Crippen LogP contribution >= 0.6 is 0 Å². The molecule has 1 aliphatic heterocycles. The Morgan fingerprint density at radius 1 is 1.25 bits per heavy atom. The van der Waals surface area contributed by atoms with E-state index in [-0.39, 0.29) is 0 Å². The van der Waals surface area contributed by atoms with Gasteiger partial charge in [-0.05, 0) is 57.8 Å². The monoisotopic (exact) mass is 276 g/mol. The Bertz CT molecular complexity index is 413. The summed E-state index contributed by atoms with van der Waals surface area (Å²) in [6.45, 7) is 11.0. The van der Waals surface area contributed by atoms with E-state index in [2.05, 4.69) is 40.3 Å². The topological polar surface area (TPSA) is 41.1 Å². The maximum Gasteiger partial charge on any atom is 0.0673 e. The first-order valence-electron chi connectivity index (χ1n) is 7.97. The zero-order valence-electron chi connectivity index (χ0n) is 13.2. The van der Waals surface area contributed by atoms with Crippen LogP contribution in [0.4, 0.5) is 0 Å². The average molecular weight is 276 g/mol. The van der Waals surface area contributed by atoms with Crippen molar-refractivity contribution in [1.82, 2.24) is 20.4 Å². The fourth-order valence-electron chi connectivity index (χ4n) is 2.90. The van der Waals surface area contributed by atoms with E-state index < -0.39 is 0 Å². The van der Waals surface area contributed by atoms with Gasteiger partial charge in [0.25, 0.3) is 0 Å². The quantitative estimate of drug-likeness (QED) is 0.865. The second-order valence-corrected chi connectivity index (χ2v) is 5.95. The highest BCUT2D eigenvalue weighted by atomic mass is 15.2. The summed E-state index contributed by atoms with van der Waals surface area (Å²) in [6.07, 6.45) is 5.07. The molecule has 1 fully saturated rings. The number of nitrogens with zero attached hydrogens (tertiary/aromatic N) is 3. The summed E-state index contributed by atoms with van der Waals surface area (Å²) in [7, 11) is 0. The zero-order chi connectivity index (χ0) is 14.4. The van der Waals surface area contributed by atoms with Gasteiger partial charge in [0.15, 0.2) is 0 Å². The highest BCUT2D eigenvalue weighted by Crippen LogP contribution is 2.10. The molecule has 2 heterocycles. The molecule has 0 aromatic carbocycles. The van der Waals surface area contributed by atoms with Gasteiger partial charge in [-0.15, -0.1) is 0 Å². The Morgan fingerprint density at radius 3 is 2.70 bits per heavy atom. The van der Waals surface area contributed by atoms with Crippen LogP contribution in [0.3, 0.4) is 0 Å². The summed E-state index contributed by atoms with van der Waals surface area (Å²) in [5, 5.41) is 12.1. The first-order valence-corrected chi connectivity index (χ1v) is 7.97. The van der Waals surface area contributed by atoms with Crippen LogP contribution in [0, 0.1) is 6.92 Å². The van der Waals surface area contributed by atoms with Crippen molar-refractivity contribution in [1.29, 1.82) is 0 Å². The molecule has 0 spiro atoms. The Labute approximate surface area is 123 Å². The minimum absolute atomic E-state index is 0.520. The van der Waals surface area contributed by atoms with Crippen molar-refractivity contribution in [2.75, 3.05) is 19.6 Å². The number of aryl methyl sites for hydroxylation is 2. The van der Waals surface area contributed by atoms with E-state index in [1.54, 1.807) is 0 Å². The van der Waals surface area contributed by atoms with Crippen molar-refractivity contribution in [2.45, 2.75) is 59.0 Å². The van der Waals surface area contributed by atoms with Crippen molar-refractivity contribution in [3.63, 3.8) is 0 Å². The van der Waals surface area contributed by atoms with Gasteiger partial charge in [0.1, 0.15) is 0 Å². The highest BCUT2D eigenvalue weighted by molar-refractivity contribution is 5.20. The second-order valence-electron chi connectivity index (χ2n) is 5.95. The Balaban J connectivity index is 1.83. The number of piperidine rings is 1. The largest absolute Gasteiger partial charge is 0.309 e. The molecule has 0 bridgehead atoms. The molecule has 1 saturated heterocycles. The molecule has 2 rings (SSSR count). The minimum atomic E-state index is 0.520. The predicted octanol–water partition coefficient (Wildman–Crippen LogP) is 2.31. The molecule has 0 saturated carbocycles. The molecule has 1 aliphatic rings. The maximum atomic E-state index is 4.29. The summed E-state index contributed by atoms with van der Waals surface area (Å²) < 4.78 is 0. The van der Waals surface area contributed by atoms with Gasteiger partial charge >= 0.3 is 0 Å². The Kier molecular flexibility index (Phi) is 5.92. The zero-order valence-corrected chi connectivity index (χ0v) is 13.2. The van der Waals surface area contributed by atoms with Gasteiger partial charge in [-0.25, -0.2) is 0 Å². The van der Waals surface area contributed by atoms with Gasteiger partial charge < -0.3 is 10.2 Å². The molecule has 1 aromatic heterocycles. The summed E-state index contributed by atoms with van der Waals surface area (Å²) in [6, 6.07) is 2.68. The van der Waals surface area contributed by atoms with E-state index in [0.29, 0.717) is 6.04 Å². The molecule has 1 aromatic rings. The highest BCUT2D eigenvalue weighted by Gasteiger charge is 2.13. The second kappa shape index (κ2) is 7.70. The number of likely N-dealkylation sites (tertiary alicyclic amines) is 1. The number of rotatable bonds is 6. The van der Waals surface area contributed by atoms with E-state index in [4.69, 9.17) is 0 Å². The van der Waals surface area contributed by atoms with Gasteiger partial charge in [0.05, 0.1) is 11.4 Å². The van der Waals surface area contributed by atoms with Crippen LogP contribution in [0.5, 0.6) is 0 Å². The van der Waals surface area contributed by atoms with Gasteiger partial charge in [-0.1, -0.05) is 13.3 Å². The van der Waals surface area contributed by atoms with Crippen molar-refractivity contribution in [3.05, 3.63) is 23.0 Å². The first kappa shape index (κ1) is 15.4. The van der Waals surface area contributed by atoms with Gasteiger partial charge in [0, 0.05) is 19.1 Å². The average Bonchev–Trinajstić information content (AvgIpc) is 2.46. The lowest BCUT2D eigenvalue weighted by Crippen LogP contribution is -2.41. The molecule has 1 atom stereocenters. The van der Waals surface area contributed by atoms with Crippen molar-refractivity contribution < 1.29 is 0 Å². The van der Waals surface area contributed by atoms with Gasteiger partial charge in [-0.2, -0.15) is 10.2 Å². The molecular weight excluding hydrogens is 248 g/mol. The number of nitrogens with one attached hydrogen (secondary N) is 1. The Hall–Kier alpha value is -1.00. The first-order chi connectivity index (χ1) is 9.69. The predicted molar refractivity (Wildman–Crippen MR) is 82.7 cm³/mol. The van der Waals surface area contributed by atoms with Crippen LogP contribution in [0.25, 0.3) is 0 Å². The fraction of sp³-hybridized carbons (Fsp3) is 0.750. The minimum Gasteiger partial charge on any atom is -0.309 e. The van der Waals surface area contributed by atoms with Crippen LogP contribution in [-0.4, -0.2) is 40.8 Å². The van der Waals surface area contributed by atoms with E-state index in [1.165, 1.54) is 37.9 Å². The van der Waals surface area contributed by atoms with Crippen LogP contribution in [-0.2, 0) is 13.0 Å². The van der Waals surface area contributed by atoms with Crippen LogP contribution in [0.1, 0.15) is 50.1 Å². The molecule has 0 amide bonds. The molecule has 4 nitrogen and oxygen atoms in total. The number of hydrogen-bond donors (Lipinski definition) is 1. The standard InChI is InChI=1S/C16H28N4/c1-4-16-15(10-13(2)18-19-16)11-17-14(3)12-20-8-6-5-7-9-20/h10,14,17H,4-9,11-12H2,1-3H3. The lowest BCUT2D eigenvalue weighted by atomic mass is 10.1. The van der Waals surface area contributed by atoms with Crippen LogP contribution in [0.15, 0.2) is 6.07 Å². The van der Waals surface area contributed by atoms with Gasteiger partial charge in [-0.3, -0.25) is 0 Å². The maximum absolute atomic E-state index is 4.29. The number of aromatic nitrogens is 2. The van der Waals surface area contributed by atoms with Crippen molar-refractivity contribution in [2.24, 2.45) is 0 Å².